The SMILES string of the molecule is COc1ccc2c(C)c(-c3ccccc3)oc2c1. The zero-order valence-electron chi connectivity index (χ0n) is 10.4. The van der Waals surface area contributed by atoms with Crippen LogP contribution in [0.25, 0.3) is 22.3 Å². The van der Waals surface area contributed by atoms with E-state index in [4.69, 9.17) is 9.15 Å². The van der Waals surface area contributed by atoms with Crippen molar-refractivity contribution in [2.45, 2.75) is 6.92 Å². The molecular weight excluding hydrogens is 224 g/mol. The van der Waals surface area contributed by atoms with Crippen molar-refractivity contribution in [1.29, 1.82) is 0 Å². The van der Waals surface area contributed by atoms with Crippen LogP contribution in [-0.2, 0) is 0 Å². The zero-order valence-corrected chi connectivity index (χ0v) is 10.4. The predicted molar refractivity (Wildman–Crippen MR) is 72.9 cm³/mol. The van der Waals surface area contributed by atoms with Gasteiger partial charge in [-0.2, -0.15) is 0 Å². The van der Waals surface area contributed by atoms with E-state index in [1.807, 2.05) is 36.4 Å². The molecule has 0 N–H and O–H groups in total. The number of methoxy groups -OCH3 is 1. The van der Waals surface area contributed by atoms with Gasteiger partial charge in [0.05, 0.1) is 7.11 Å². The Balaban J connectivity index is 2.23. The van der Waals surface area contributed by atoms with Gasteiger partial charge in [-0.15, -0.1) is 0 Å². The van der Waals surface area contributed by atoms with Gasteiger partial charge < -0.3 is 9.15 Å². The lowest BCUT2D eigenvalue weighted by Gasteiger charge is -1.97. The quantitative estimate of drug-likeness (QED) is 0.659. The molecule has 3 rings (SSSR count). The maximum Gasteiger partial charge on any atom is 0.138 e. The number of hydrogen-bond acceptors (Lipinski definition) is 2. The van der Waals surface area contributed by atoms with E-state index in [-0.39, 0.29) is 0 Å². The van der Waals surface area contributed by atoms with E-state index in [1.165, 1.54) is 5.56 Å². The predicted octanol–water partition coefficient (Wildman–Crippen LogP) is 4.42. The molecule has 1 aromatic heterocycles. The molecule has 18 heavy (non-hydrogen) atoms. The average molecular weight is 238 g/mol. The molecule has 0 atom stereocenters. The van der Waals surface area contributed by atoms with Crippen molar-refractivity contribution >= 4 is 11.0 Å². The highest BCUT2D eigenvalue weighted by Crippen LogP contribution is 2.34. The second kappa shape index (κ2) is 4.22. The van der Waals surface area contributed by atoms with Crippen molar-refractivity contribution in [3.8, 4) is 17.1 Å². The van der Waals surface area contributed by atoms with Gasteiger partial charge in [-0.05, 0) is 19.1 Å². The second-order valence-corrected chi connectivity index (χ2v) is 4.28. The van der Waals surface area contributed by atoms with Crippen LogP contribution in [0, 0.1) is 6.92 Å². The summed E-state index contributed by atoms with van der Waals surface area (Å²) < 4.78 is 11.2. The fraction of sp³-hybridized carbons (Fsp3) is 0.125. The molecule has 0 amide bonds. The molecular formula is C16H14O2. The highest BCUT2D eigenvalue weighted by atomic mass is 16.5. The third kappa shape index (κ3) is 1.66. The summed E-state index contributed by atoms with van der Waals surface area (Å²) in [7, 11) is 1.66. The minimum Gasteiger partial charge on any atom is -0.497 e. The monoisotopic (exact) mass is 238 g/mol. The Morgan fingerprint density at radius 2 is 1.78 bits per heavy atom. The Bertz CT molecular complexity index is 681. The first-order valence-electron chi connectivity index (χ1n) is 5.92. The summed E-state index contributed by atoms with van der Waals surface area (Å²) in [5, 5.41) is 1.13. The van der Waals surface area contributed by atoms with Gasteiger partial charge in [-0.25, -0.2) is 0 Å². The zero-order chi connectivity index (χ0) is 12.5. The van der Waals surface area contributed by atoms with Crippen molar-refractivity contribution in [2.24, 2.45) is 0 Å². The Morgan fingerprint density at radius 3 is 2.50 bits per heavy atom. The molecule has 2 heteroatoms. The van der Waals surface area contributed by atoms with Crippen LogP contribution in [0.2, 0.25) is 0 Å². The highest BCUT2D eigenvalue weighted by Gasteiger charge is 2.12. The molecule has 2 nitrogen and oxygen atoms in total. The van der Waals surface area contributed by atoms with Gasteiger partial charge in [0.15, 0.2) is 0 Å². The van der Waals surface area contributed by atoms with Crippen molar-refractivity contribution < 1.29 is 9.15 Å². The number of fused-ring (bicyclic) bond motifs is 1. The minimum absolute atomic E-state index is 0.816. The molecule has 1 heterocycles. The first-order chi connectivity index (χ1) is 8.79. The molecule has 3 aromatic rings. The number of aryl methyl sites for hydroxylation is 1. The number of rotatable bonds is 2. The van der Waals surface area contributed by atoms with Gasteiger partial charge >= 0.3 is 0 Å². The number of furan rings is 1. The molecule has 0 bridgehead atoms. The molecule has 0 unspecified atom stereocenters. The van der Waals surface area contributed by atoms with Gasteiger partial charge in [0, 0.05) is 22.6 Å². The average Bonchev–Trinajstić information content (AvgIpc) is 2.76. The maximum atomic E-state index is 5.95. The van der Waals surface area contributed by atoms with E-state index in [9.17, 15) is 0 Å². The summed E-state index contributed by atoms with van der Waals surface area (Å²) in [4.78, 5) is 0. The number of ether oxygens (including phenoxy) is 1. The summed E-state index contributed by atoms with van der Waals surface area (Å²) in [6.07, 6.45) is 0. The second-order valence-electron chi connectivity index (χ2n) is 4.28. The standard InChI is InChI=1S/C16H14O2/c1-11-14-9-8-13(17-2)10-15(14)18-16(11)12-6-4-3-5-7-12/h3-10H,1-2H3. The van der Waals surface area contributed by atoms with Crippen LogP contribution in [0.3, 0.4) is 0 Å². The van der Waals surface area contributed by atoms with E-state index in [1.54, 1.807) is 7.11 Å². The molecule has 0 aliphatic rings. The van der Waals surface area contributed by atoms with Gasteiger partial charge in [-0.3, -0.25) is 0 Å². The van der Waals surface area contributed by atoms with E-state index >= 15 is 0 Å². The highest BCUT2D eigenvalue weighted by molar-refractivity contribution is 5.88. The minimum atomic E-state index is 0.816. The summed E-state index contributed by atoms with van der Waals surface area (Å²) in [6.45, 7) is 2.08. The Hall–Kier alpha value is -2.22. The molecule has 0 spiro atoms. The lowest BCUT2D eigenvalue weighted by Crippen LogP contribution is -1.80. The van der Waals surface area contributed by atoms with E-state index in [2.05, 4.69) is 19.1 Å². The summed E-state index contributed by atoms with van der Waals surface area (Å²) >= 11 is 0. The molecule has 0 aliphatic heterocycles. The van der Waals surface area contributed by atoms with Crippen molar-refractivity contribution in [3.05, 3.63) is 54.1 Å². The van der Waals surface area contributed by atoms with Crippen LogP contribution in [-0.4, -0.2) is 7.11 Å². The fourth-order valence-corrected chi connectivity index (χ4v) is 2.20. The van der Waals surface area contributed by atoms with Crippen LogP contribution < -0.4 is 4.74 Å². The normalized spacial score (nSPS) is 10.8. The Morgan fingerprint density at radius 1 is 1.00 bits per heavy atom. The van der Waals surface area contributed by atoms with Gasteiger partial charge in [-0.1, -0.05) is 30.3 Å². The Kier molecular flexibility index (Phi) is 2.56. The van der Waals surface area contributed by atoms with Crippen molar-refractivity contribution in [1.82, 2.24) is 0 Å². The van der Waals surface area contributed by atoms with Crippen LogP contribution in [0.1, 0.15) is 5.56 Å². The molecule has 90 valence electrons. The van der Waals surface area contributed by atoms with E-state index in [0.29, 0.717) is 0 Å². The molecule has 2 aromatic carbocycles. The third-order valence-electron chi connectivity index (χ3n) is 3.18. The van der Waals surface area contributed by atoms with Crippen molar-refractivity contribution in [2.75, 3.05) is 7.11 Å². The maximum absolute atomic E-state index is 5.95. The van der Waals surface area contributed by atoms with Crippen LogP contribution in [0.15, 0.2) is 52.9 Å². The van der Waals surface area contributed by atoms with Gasteiger partial charge in [0.2, 0.25) is 0 Å². The van der Waals surface area contributed by atoms with Crippen LogP contribution in [0.5, 0.6) is 5.75 Å². The lowest BCUT2D eigenvalue weighted by molar-refractivity contribution is 0.414. The van der Waals surface area contributed by atoms with Crippen molar-refractivity contribution in [3.63, 3.8) is 0 Å². The molecule has 0 saturated carbocycles. The van der Waals surface area contributed by atoms with Crippen LogP contribution in [0.4, 0.5) is 0 Å². The van der Waals surface area contributed by atoms with E-state index in [0.717, 1.165) is 28.0 Å². The summed E-state index contributed by atoms with van der Waals surface area (Å²) in [5.74, 6) is 1.75. The fourth-order valence-electron chi connectivity index (χ4n) is 2.20. The van der Waals surface area contributed by atoms with E-state index < -0.39 is 0 Å². The third-order valence-corrected chi connectivity index (χ3v) is 3.18. The largest absolute Gasteiger partial charge is 0.497 e. The molecule has 0 aliphatic carbocycles. The Labute approximate surface area is 106 Å². The first kappa shape index (κ1) is 10.9. The first-order valence-corrected chi connectivity index (χ1v) is 5.92. The lowest BCUT2D eigenvalue weighted by atomic mass is 10.1. The molecule has 0 saturated heterocycles. The van der Waals surface area contributed by atoms with Gasteiger partial charge in [0.25, 0.3) is 0 Å². The topological polar surface area (TPSA) is 22.4 Å². The number of benzene rings is 2. The summed E-state index contributed by atoms with van der Waals surface area (Å²) in [6, 6.07) is 16.1. The van der Waals surface area contributed by atoms with Crippen LogP contribution >= 0.6 is 0 Å². The molecule has 0 radical (unpaired) electrons. The number of hydrogen-bond donors (Lipinski definition) is 0. The molecule has 0 fully saturated rings. The van der Waals surface area contributed by atoms with Gasteiger partial charge in [0.1, 0.15) is 17.1 Å². The summed E-state index contributed by atoms with van der Waals surface area (Å²) in [5.41, 5.74) is 3.13. The smallest absolute Gasteiger partial charge is 0.138 e.